The van der Waals surface area contributed by atoms with E-state index in [1.165, 1.54) is 11.3 Å². The Kier molecular flexibility index (Phi) is 4.40. The smallest absolute Gasteiger partial charge is 0.258 e. The summed E-state index contributed by atoms with van der Waals surface area (Å²) in [6.07, 6.45) is 1.80. The zero-order valence-corrected chi connectivity index (χ0v) is 13.9. The van der Waals surface area contributed by atoms with Crippen molar-refractivity contribution in [2.45, 2.75) is 33.0 Å². The van der Waals surface area contributed by atoms with Gasteiger partial charge in [-0.1, -0.05) is 12.1 Å². The Labute approximate surface area is 138 Å². The topological polar surface area (TPSA) is 87.9 Å². The van der Waals surface area contributed by atoms with Gasteiger partial charge in [-0.15, -0.1) is 11.3 Å². The summed E-state index contributed by atoms with van der Waals surface area (Å²) in [6, 6.07) is 7.67. The number of nitrogen functional groups attached to an aromatic ring is 1. The summed E-state index contributed by atoms with van der Waals surface area (Å²) in [6.45, 7) is 5.52. The third-order valence-electron chi connectivity index (χ3n) is 3.68. The Morgan fingerprint density at radius 2 is 2.09 bits per heavy atom. The molecule has 0 spiro atoms. The Hall–Kier alpha value is -2.25. The van der Waals surface area contributed by atoms with Crippen molar-refractivity contribution < 1.29 is 0 Å². The Morgan fingerprint density at radius 1 is 1.30 bits per heavy atom. The lowest BCUT2D eigenvalue weighted by atomic mass is 10.2. The number of hydrogen-bond donors (Lipinski definition) is 2. The highest BCUT2D eigenvalue weighted by Gasteiger charge is 2.14. The van der Waals surface area contributed by atoms with Crippen molar-refractivity contribution in [1.82, 2.24) is 19.9 Å². The van der Waals surface area contributed by atoms with Gasteiger partial charge in [0.2, 0.25) is 0 Å². The first-order valence-corrected chi connectivity index (χ1v) is 8.27. The molecule has 0 atom stereocenters. The maximum atomic E-state index is 12.2. The summed E-state index contributed by atoms with van der Waals surface area (Å²) in [5.74, 6) is 0.667. The molecule has 0 saturated carbocycles. The number of benzene rings is 1. The number of aromatic nitrogens is 3. The van der Waals surface area contributed by atoms with E-state index in [1.54, 1.807) is 12.3 Å². The molecule has 0 amide bonds. The fourth-order valence-corrected chi connectivity index (χ4v) is 3.13. The Morgan fingerprint density at radius 3 is 2.78 bits per heavy atom. The van der Waals surface area contributed by atoms with Crippen molar-refractivity contribution in [3.63, 3.8) is 0 Å². The SMILES string of the molecule is CC(C)N(Cc1nc2ccccc2c(=O)[nH]1)Cc1cnc(N)s1. The molecule has 0 unspecified atom stereocenters. The second-order valence-electron chi connectivity index (χ2n) is 5.69. The number of thiazole rings is 1. The van der Waals surface area contributed by atoms with E-state index in [9.17, 15) is 4.79 Å². The van der Waals surface area contributed by atoms with E-state index in [1.807, 2.05) is 18.2 Å². The van der Waals surface area contributed by atoms with Crippen LogP contribution in [-0.2, 0) is 13.1 Å². The molecular weight excluding hydrogens is 310 g/mol. The van der Waals surface area contributed by atoms with E-state index in [0.717, 1.165) is 16.9 Å². The summed E-state index contributed by atoms with van der Waals surface area (Å²) in [5.41, 5.74) is 6.31. The van der Waals surface area contributed by atoms with Gasteiger partial charge < -0.3 is 10.7 Å². The summed E-state index contributed by atoms with van der Waals surface area (Å²) in [7, 11) is 0. The molecule has 0 aliphatic heterocycles. The number of anilines is 1. The van der Waals surface area contributed by atoms with Crippen LogP contribution in [0.5, 0.6) is 0 Å². The van der Waals surface area contributed by atoms with Gasteiger partial charge in [0.1, 0.15) is 5.82 Å². The number of nitrogens with zero attached hydrogens (tertiary/aromatic N) is 3. The highest BCUT2D eigenvalue weighted by molar-refractivity contribution is 7.15. The number of nitrogens with one attached hydrogen (secondary N) is 1. The van der Waals surface area contributed by atoms with Gasteiger partial charge in [-0.2, -0.15) is 0 Å². The molecule has 3 rings (SSSR count). The molecule has 0 aliphatic carbocycles. The Bertz CT molecular complexity index is 870. The predicted molar refractivity (Wildman–Crippen MR) is 93.3 cm³/mol. The van der Waals surface area contributed by atoms with Crippen LogP contribution < -0.4 is 11.3 Å². The molecule has 0 fully saturated rings. The number of aromatic amines is 1. The molecule has 0 bridgehead atoms. The molecule has 1 aromatic carbocycles. The molecule has 2 heterocycles. The van der Waals surface area contributed by atoms with E-state index in [-0.39, 0.29) is 5.56 Å². The van der Waals surface area contributed by atoms with Crippen molar-refractivity contribution >= 4 is 27.4 Å². The lowest BCUT2D eigenvalue weighted by Crippen LogP contribution is -2.31. The minimum atomic E-state index is -0.101. The average Bonchev–Trinajstić information content (AvgIpc) is 2.92. The minimum absolute atomic E-state index is 0.101. The molecular formula is C16H19N5OS. The zero-order chi connectivity index (χ0) is 16.4. The van der Waals surface area contributed by atoms with Crippen molar-refractivity contribution in [3.8, 4) is 0 Å². The van der Waals surface area contributed by atoms with E-state index in [2.05, 4.69) is 33.7 Å². The van der Waals surface area contributed by atoms with Gasteiger partial charge in [-0.05, 0) is 26.0 Å². The summed E-state index contributed by atoms with van der Waals surface area (Å²) >= 11 is 1.48. The maximum Gasteiger partial charge on any atom is 0.258 e. The molecule has 23 heavy (non-hydrogen) atoms. The quantitative estimate of drug-likeness (QED) is 0.750. The van der Waals surface area contributed by atoms with Crippen LogP contribution in [0.2, 0.25) is 0 Å². The lowest BCUT2D eigenvalue weighted by molar-refractivity contribution is 0.200. The monoisotopic (exact) mass is 329 g/mol. The van der Waals surface area contributed by atoms with Crippen LogP contribution in [0.4, 0.5) is 5.13 Å². The van der Waals surface area contributed by atoms with Crippen LogP contribution in [0, 0.1) is 0 Å². The van der Waals surface area contributed by atoms with Crippen LogP contribution in [0.3, 0.4) is 0 Å². The van der Waals surface area contributed by atoms with Crippen molar-refractivity contribution in [1.29, 1.82) is 0 Å². The fourth-order valence-electron chi connectivity index (χ4n) is 2.42. The van der Waals surface area contributed by atoms with Gasteiger partial charge in [-0.25, -0.2) is 9.97 Å². The molecule has 120 valence electrons. The van der Waals surface area contributed by atoms with Crippen LogP contribution in [-0.4, -0.2) is 25.9 Å². The number of para-hydroxylation sites is 1. The molecule has 3 aromatic rings. The van der Waals surface area contributed by atoms with E-state index < -0.39 is 0 Å². The van der Waals surface area contributed by atoms with Gasteiger partial charge in [-0.3, -0.25) is 9.69 Å². The van der Waals surface area contributed by atoms with Gasteiger partial charge in [0, 0.05) is 23.7 Å². The molecule has 0 aliphatic rings. The van der Waals surface area contributed by atoms with Crippen LogP contribution in [0.1, 0.15) is 24.5 Å². The summed E-state index contributed by atoms with van der Waals surface area (Å²) < 4.78 is 0. The van der Waals surface area contributed by atoms with Gasteiger partial charge in [0.05, 0.1) is 17.4 Å². The van der Waals surface area contributed by atoms with Crippen LogP contribution in [0.15, 0.2) is 35.3 Å². The van der Waals surface area contributed by atoms with E-state index in [4.69, 9.17) is 5.73 Å². The third kappa shape index (κ3) is 3.57. The first-order chi connectivity index (χ1) is 11.0. The van der Waals surface area contributed by atoms with Crippen molar-refractivity contribution in [2.75, 3.05) is 5.73 Å². The highest BCUT2D eigenvalue weighted by atomic mass is 32.1. The average molecular weight is 329 g/mol. The Balaban J connectivity index is 1.86. The largest absolute Gasteiger partial charge is 0.375 e. The molecule has 2 aromatic heterocycles. The molecule has 6 nitrogen and oxygen atoms in total. The summed E-state index contributed by atoms with van der Waals surface area (Å²) in [4.78, 5) is 27.0. The molecule has 7 heteroatoms. The predicted octanol–water partition coefficient (Wildman–Crippen LogP) is 2.37. The summed E-state index contributed by atoms with van der Waals surface area (Å²) in [5, 5.41) is 1.18. The molecule has 0 radical (unpaired) electrons. The van der Waals surface area contributed by atoms with Crippen LogP contribution >= 0.6 is 11.3 Å². The van der Waals surface area contributed by atoms with Crippen LogP contribution in [0.25, 0.3) is 10.9 Å². The number of nitrogens with two attached hydrogens (primary N) is 1. The lowest BCUT2D eigenvalue weighted by Gasteiger charge is -2.25. The molecule has 3 N–H and O–H groups in total. The second-order valence-corrected chi connectivity index (χ2v) is 6.84. The standard InChI is InChI=1S/C16H19N5OS/c1-10(2)21(8-11-7-18-16(17)23-11)9-14-19-13-6-4-3-5-12(13)15(22)20-14/h3-7,10H,8-9H2,1-2H3,(H2,17,18)(H,19,20,22). The van der Waals surface area contributed by atoms with E-state index >= 15 is 0 Å². The zero-order valence-electron chi connectivity index (χ0n) is 13.1. The maximum absolute atomic E-state index is 12.2. The van der Waals surface area contributed by atoms with E-state index in [0.29, 0.717) is 28.9 Å². The van der Waals surface area contributed by atoms with Crippen molar-refractivity contribution in [2.24, 2.45) is 0 Å². The normalized spacial score (nSPS) is 11.7. The van der Waals surface area contributed by atoms with Gasteiger partial charge >= 0.3 is 0 Å². The third-order valence-corrected chi connectivity index (χ3v) is 4.49. The highest BCUT2D eigenvalue weighted by Crippen LogP contribution is 2.19. The number of H-pyrrole nitrogens is 1. The first kappa shape index (κ1) is 15.6. The van der Waals surface area contributed by atoms with Gasteiger partial charge in [0.25, 0.3) is 5.56 Å². The number of hydrogen-bond acceptors (Lipinski definition) is 6. The molecule has 0 saturated heterocycles. The second kappa shape index (κ2) is 6.47. The minimum Gasteiger partial charge on any atom is -0.375 e. The van der Waals surface area contributed by atoms with Gasteiger partial charge in [0.15, 0.2) is 5.13 Å². The number of fused-ring (bicyclic) bond motifs is 1. The fraction of sp³-hybridized carbons (Fsp3) is 0.312. The van der Waals surface area contributed by atoms with Crippen molar-refractivity contribution in [3.05, 3.63) is 51.5 Å². The first-order valence-electron chi connectivity index (χ1n) is 7.45. The number of rotatable bonds is 5.